The van der Waals surface area contributed by atoms with Crippen LogP contribution in [-0.2, 0) is 9.47 Å². The summed E-state index contributed by atoms with van der Waals surface area (Å²) in [6, 6.07) is 10.7. The van der Waals surface area contributed by atoms with Crippen molar-refractivity contribution in [1.82, 2.24) is 20.2 Å². The molecular weight excluding hydrogens is 354 g/mol. The molecule has 148 valence electrons. The molecule has 1 aromatic carbocycles. The molecule has 7 nitrogen and oxygen atoms in total. The molecule has 0 aliphatic heterocycles. The van der Waals surface area contributed by atoms with E-state index in [1.807, 2.05) is 25.1 Å². The molecule has 1 atom stereocenters. The van der Waals surface area contributed by atoms with Gasteiger partial charge in [-0.2, -0.15) is 5.10 Å². The van der Waals surface area contributed by atoms with E-state index in [2.05, 4.69) is 37.6 Å². The number of hydrogen-bond acceptors (Lipinski definition) is 6. The number of nitrogens with one attached hydrogen (secondary N) is 2. The Morgan fingerprint density at radius 1 is 1.14 bits per heavy atom. The molecule has 28 heavy (non-hydrogen) atoms. The average Bonchev–Trinajstić information content (AvgIpc) is 3.23. The third-order valence-corrected chi connectivity index (χ3v) is 5.29. The molecule has 0 amide bonds. The second kappa shape index (κ2) is 9.12. The van der Waals surface area contributed by atoms with Crippen molar-refractivity contribution in [1.29, 1.82) is 0 Å². The van der Waals surface area contributed by atoms with Crippen molar-refractivity contribution >= 4 is 16.9 Å². The molecule has 0 saturated heterocycles. The quantitative estimate of drug-likeness (QED) is 0.616. The van der Waals surface area contributed by atoms with Gasteiger partial charge in [0.15, 0.2) is 5.65 Å². The van der Waals surface area contributed by atoms with Crippen LogP contribution in [0.25, 0.3) is 11.0 Å². The maximum atomic E-state index is 6.22. The number of H-pyrrole nitrogens is 1. The molecule has 1 saturated carbocycles. The summed E-state index contributed by atoms with van der Waals surface area (Å²) in [7, 11) is 0. The van der Waals surface area contributed by atoms with Crippen LogP contribution in [0.3, 0.4) is 0 Å². The maximum absolute atomic E-state index is 6.22. The number of anilines is 1. The lowest BCUT2D eigenvalue weighted by Gasteiger charge is -2.30. The van der Waals surface area contributed by atoms with Crippen LogP contribution in [0.1, 0.15) is 44.3 Å². The first-order chi connectivity index (χ1) is 13.8. The van der Waals surface area contributed by atoms with Gasteiger partial charge in [-0.15, -0.1) is 0 Å². The Bertz CT molecular complexity index is 861. The predicted molar refractivity (Wildman–Crippen MR) is 108 cm³/mol. The van der Waals surface area contributed by atoms with Gasteiger partial charge in [0, 0.05) is 12.6 Å². The van der Waals surface area contributed by atoms with Crippen molar-refractivity contribution in [3.63, 3.8) is 0 Å². The van der Waals surface area contributed by atoms with E-state index in [4.69, 9.17) is 9.47 Å². The highest BCUT2D eigenvalue weighted by Gasteiger charge is 2.24. The highest BCUT2D eigenvalue weighted by molar-refractivity contribution is 5.85. The van der Waals surface area contributed by atoms with Crippen molar-refractivity contribution in [3.8, 4) is 0 Å². The zero-order chi connectivity index (χ0) is 19.2. The lowest BCUT2D eigenvalue weighted by atomic mass is 9.93. The third-order valence-electron chi connectivity index (χ3n) is 5.29. The summed E-state index contributed by atoms with van der Waals surface area (Å²) >= 11 is 0. The van der Waals surface area contributed by atoms with Crippen molar-refractivity contribution in [2.75, 3.05) is 18.5 Å². The molecule has 2 heterocycles. The Balaban J connectivity index is 1.27. The van der Waals surface area contributed by atoms with Crippen molar-refractivity contribution in [2.45, 2.75) is 50.9 Å². The van der Waals surface area contributed by atoms with Gasteiger partial charge in [0.05, 0.1) is 24.3 Å². The van der Waals surface area contributed by atoms with Crippen molar-refractivity contribution < 1.29 is 9.47 Å². The summed E-state index contributed by atoms with van der Waals surface area (Å²) in [6.45, 7) is 3.31. The Labute approximate surface area is 164 Å². The maximum Gasteiger partial charge on any atom is 0.160 e. The molecule has 1 aliphatic carbocycles. The number of ether oxygens (including phenoxy) is 2. The van der Waals surface area contributed by atoms with E-state index < -0.39 is 0 Å². The molecular formula is C21H27N5O2. The molecule has 2 aromatic heterocycles. The first-order valence-corrected chi connectivity index (χ1v) is 10.0. The molecule has 0 unspecified atom stereocenters. The number of rotatable bonds is 8. The fourth-order valence-corrected chi connectivity index (χ4v) is 3.78. The summed E-state index contributed by atoms with van der Waals surface area (Å²) < 4.78 is 12.1. The van der Waals surface area contributed by atoms with Crippen LogP contribution < -0.4 is 5.32 Å². The molecule has 0 spiro atoms. The minimum Gasteiger partial charge on any atom is -0.375 e. The Morgan fingerprint density at radius 2 is 1.96 bits per heavy atom. The van der Waals surface area contributed by atoms with Crippen molar-refractivity contribution in [2.24, 2.45) is 0 Å². The number of aromatic amines is 1. The second-order valence-corrected chi connectivity index (χ2v) is 7.16. The largest absolute Gasteiger partial charge is 0.375 e. The third kappa shape index (κ3) is 4.48. The van der Waals surface area contributed by atoms with Crippen molar-refractivity contribution in [3.05, 3.63) is 48.4 Å². The first kappa shape index (κ1) is 18.8. The topological polar surface area (TPSA) is 85.0 Å². The van der Waals surface area contributed by atoms with E-state index in [9.17, 15) is 0 Å². The van der Waals surface area contributed by atoms with Crippen LogP contribution in [0.4, 0.5) is 5.82 Å². The van der Waals surface area contributed by atoms with Crippen LogP contribution in [0.15, 0.2) is 42.9 Å². The minimum absolute atomic E-state index is 0.00237. The predicted octanol–water partition coefficient (Wildman–Crippen LogP) is 3.87. The van der Waals surface area contributed by atoms with Crippen LogP contribution in [0.5, 0.6) is 0 Å². The van der Waals surface area contributed by atoms with Gasteiger partial charge in [-0.05, 0) is 38.2 Å². The Hall–Kier alpha value is -2.51. The fraction of sp³-hybridized carbons (Fsp3) is 0.476. The summed E-state index contributed by atoms with van der Waals surface area (Å²) in [5, 5.41) is 11.4. The minimum atomic E-state index is -0.00237. The summed E-state index contributed by atoms with van der Waals surface area (Å²) in [5.41, 5.74) is 1.94. The van der Waals surface area contributed by atoms with Crippen LogP contribution in [0, 0.1) is 0 Å². The molecule has 4 rings (SSSR count). The first-order valence-electron chi connectivity index (χ1n) is 10.0. The van der Waals surface area contributed by atoms with Gasteiger partial charge in [-0.3, -0.25) is 5.10 Å². The molecule has 0 radical (unpaired) electrons. The number of fused-ring (bicyclic) bond motifs is 1. The Kier molecular flexibility index (Phi) is 6.14. The summed E-state index contributed by atoms with van der Waals surface area (Å²) in [5.74, 6) is 0.851. The number of aromatic nitrogens is 4. The fourth-order valence-electron chi connectivity index (χ4n) is 3.78. The molecule has 0 bridgehead atoms. The van der Waals surface area contributed by atoms with Gasteiger partial charge >= 0.3 is 0 Å². The summed E-state index contributed by atoms with van der Waals surface area (Å²) in [4.78, 5) is 8.56. The van der Waals surface area contributed by atoms with Crippen LogP contribution in [-0.4, -0.2) is 45.5 Å². The van der Waals surface area contributed by atoms with Crippen LogP contribution in [0.2, 0.25) is 0 Å². The lowest BCUT2D eigenvalue weighted by molar-refractivity contribution is -0.0527. The highest BCUT2D eigenvalue weighted by Crippen LogP contribution is 2.27. The van der Waals surface area contributed by atoms with Gasteiger partial charge < -0.3 is 14.8 Å². The standard InChI is InChI=1S/C21H27N5O2/c1-2-27-19(15-6-4-3-5-7-15)13-28-17-10-8-16(9-11-17)25-20-18-12-24-26-21(18)23-14-22-20/h3-7,12,14,16-17,19H,2,8-11,13H2,1H3,(H2,22,23,24,25,26)/t16-,17-,19-/m1/s1. The number of hydrogen-bond donors (Lipinski definition) is 2. The number of nitrogens with zero attached hydrogens (tertiary/aromatic N) is 3. The zero-order valence-electron chi connectivity index (χ0n) is 16.2. The van der Waals surface area contributed by atoms with E-state index in [1.165, 1.54) is 5.56 Å². The highest BCUT2D eigenvalue weighted by atomic mass is 16.5. The summed E-state index contributed by atoms with van der Waals surface area (Å²) in [6.07, 6.45) is 7.79. The molecule has 7 heteroatoms. The number of benzene rings is 1. The van der Waals surface area contributed by atoms with E-state index >= 15 is 0 Å². The van der Waals surface area contributed by atoms with E-state index in [0.717, 1.165) is 42.5 Å². The van der Waals surface area contributed by atoms with Gasteiger partial charge in [-0.25, -0.2) is 9.97 Å². The van der Waals surface area contributed by atoms with Gasteiger partial charge in [0.2, 0.25) is 0 Å². The molecule has 1 fully saturated rings. The lowest BCUT2D eigenvalue weighted by Crippen LogP contribution is -2.31. The van der Waals surface area contributed by atoms with E-state index in [0.29, 0.717) is 19.3 Å². The second-order valence-electron chi connectivity index (χ2n) is 7.16. The Morgan fingerprint density at radius 3 is 2.75 bits per heavy atom. The van der Waals surface area contributed by atoms with E-state index in [-0.39, 0.29) is 12.2 Å². The van der Waals surface area contributed by atoms with Gasteiger partial charge in [0.25, 0.3) is 0 Å². The SMILES string of the molecule is CCO[C@H](CO[C@H]1CC[C@H](Nc2ncnc3[nH]ncc23)CC1)c1ccccc1. The van der Waals surface area contributed by atoms with Gasteiger partial charge in [0.1, 0.15) is 18.2 Å². The smallest absolute Gasteiger partial charge is 0.160 e. The van der Waals surface area contributed by atoms with Crippen LogP contribution >= 0.6 is 0 Å². The monoisotopic (exact) mass is 381 g/mol. The normalized spacial score (nSPS) is 20.9. The van der Waals surface area contributed by atoms with Gasteiger partial charge in [-0.1, -0.05) is 30.3 Å². The molecule has 1 aliphatic rings. The molecule has 3 aromatic rings. The molecule has 2 N–H and O–H groups in total. The average molecular weight is 381 g/mol. The van der Waals surface area contributed by atoms with E-state index in [1.54, 1.807) is 12.5 Å². The zero-order valence-corrected chi connectivity index (χ0v) is 16.2.